The Labute approximate surface area is 206 Å². The van der Waals surface area contributed by atoms with Gasteiger partial charge in [-0.15, -0.1) is 0 Å². The molecule has 0 aliphatic rings. The van der Waals surface area contributed by atoms with Gasteiger partial charge in [-0.25, -0.2) is 4.79 Å². The van der Waals surface area contributed by atoms with Crippen LogP contribution in [0.25, 0.3) is 0 Å². The van der Waals surface area contributed by atoms with Gasteiger partial charge in [-0.2, -0.15) is 26.3 Å². The molecule has 0 N–H and O–H groups in total. The Morgan fingerprint density at radius 1 is 0.676 bits per heavy atom. The highest BCUT2D eigenvalue weighted by Crippen LogP contribution is 2.43. The lowest BCUT2D eigenvalue weighted by atomic mass is 10.0. The second-order valence-corrected chi connectivity index (χ2v) is 9.95. The van der Waals surface area contributed by atoms with E-state index in [1.165, 1.54) is 30.3 Å². The Balaban J connectivity index is 2.19. The van der Waals surface area contributed by atoms with E-state index in [-0.39, 0.29) is 11.1 Å². The predicted octanol–water partition coefficient (Wildman–Crippen LogP) is 7.77. The van der Waals surface area contributed by atoms with Gasteiger partial charge in [-0.1, -0.05) is 28.8 Å². The van der Waals surface area contributed by atoms with Crippen LogP contribution < -0.4 is 5.30 Å². The molecule has 0 saturated carbocycles. The van der Waals surface area contributed by atoms with Gasteiger partial charge in [0.2, 0.25) is 5.30 Å². The van der Waals surface area contributed by atoms with Crippen LogP contribution in [-0.4, -0.2) is 11.3 Å². The number of hydrogen-bond donors (Lipinski definition) is 0. The number of carbonyl (C=O) groups excluding carboxylic acids is 2. The molecule has 3 aromatic rings. The molecule has 0 spiro atoms. The summed E-state index contributed by atoms with van der Waals surface area (Å²) in [4.78, 5) is 26.1. The summed E-state index contributed by atoms with van der Waals surface area (Å²) in [6, 6.07) is 10.7. The van der Waals surface area contributed by atoms with Crippen LogP contribution in [0.5, 0.6) is 0 Å². The zero-order chi connectivity index (χ0) is 25.4. The van der Waals surface area contributed by atoms with Crippen LogP contribution in [0.2, 0.25) is 0 Å². The first-order valence-corrected chi connectivity index (χ1v) is 12.0. The van der Waals surface area contributed by atoms with E-state index >= 15 is 0 Å². The molecule has 0 fully saturated rings. The topological polar surface area (TPSA) is 51.2 Å². The first-order chi connectivity index (χ1) is 15.7. The standard InChI is InChI=1S/C22H10Br2F6O3P/c23-14-8-4-9-15(24)18(14)19(31)11-5-1-2-10-16(11)34(33)20(32)17-12(21(25,26)27)6-3-7-13(17)22(28,29)30/h1-10H/q+1. The molecular weight excluding hydrogens is 617 g/mol. The maximum atomic E-state index is 13.5. The molecular formula is C22H10Br2F6O3P+. The van der Waals surface area contributed by atoms with Crippen molar-refractivity contribution in [2.24, 2.45) is 0 Å². The average Bonchev–Trinajstić information content (AvgIpc) is 2.76. The number of benzene rings is 3. The molecule has 1 unspecified atom stereocenters. The molecule has 0 heterocycles. The van der Waals surface area contributed by atoms with Crippen LogP contribution in [0.1, 0.15) is 37.4 Å². The van der Waals surface area contributed by atoms with Crippen molar-refractivity contribution in [1.29, 1.82) is 0 Å². The van der Waals surface area contributed by atoms with Crippen LogP contribution >= 0.6 is 39.7 Å². The third kappa shape index (κ3) is 5.16. The fourth-order valence-electron chi connectivity index (χ4n) is 3.16. The highest BCUT2D eigenvalue weighted by atomic mass is 79.9. The molecule has 3 rings (SSSR count). The molecule has 0 saturated heterocycles. The van der Waals surface area contributed by atoms with Crippen molar-refractivity contribution < 1.29 is 40.5 Å². The van der Waals surface area contributed by atoms with E-state index in [9.17, 15) is 40.5 Å². The molecule has 34 heavy (non-hydrogen) atoms. The number of ketones is 1. The third-order valence-electron chi connectivity index (χ3n) is 4.63. The Hall–Kier alpha value is -2.36. The Bertz CT molecular complexity index is 1270. The number of hydrogen-bond acceptors (Lipinski definition) is 3. The molecule has 3 nitrogen and oxygen atoms in total. The van der Waals surface area contributed by atoms with Crippen molar-refractivity contribution in [1.82, 2.24) is 0 Å². The van der Waals surface area contributed by atoms with Gasteiger partial charge in [0.1, 0.15) is 0 Å². The number of carbonyl (C=O) groups is 2. The van der Waals surface area contributed by atoms with E-state index in [4.69, 9.17) is 0 Å². The van der Waals surface area contributed by atoms with Gasteiger partial charge in [0.15, 0.2) is 5.78 Å². The SMILES string of the molecule is O=C(c1ccccc1[P+](=O)C(=O)c1c(C(F)(F)F)cccc1C(F)(F)F)c1c(Br)cccc1Br. The molecule has 0 aromatic heterocycles. The van der Waals surface area contributed by atoms with E-state index in [0.717, 1.165) is 6.07 Å². The van der Waals surface area contributed by atoms with Crippen molar-refractivity contribution in [2.75, 3.05) is 0 Å². The lowest BCUT2D eigenvalue weighted by molar-refractivity contribution is -0.143. The van der Waals surface area contributed by atoms with E-state index < -0.39 is 53.5 Å². The summed E-state index contributed by atoms with van der Waals surface area (Å²) in [5.74, 6) is -0.744. The highest BCUT2D eigenvalue weighted by molar-refractivity contribution is 9.11. The van der Waals surface area contributed by atoms with Crippen LogP contribution in [0.3, 0.4) is 0 Å². The van der Waals surface area contributed by atoms with Gasteiger partial charge < -0.3 is 0 Å². The quantitative estimate of drug-likeness (QED) is 0.165. The van der Waals surface area contributed by atoms with Gasteiger partial charge in [0.25, 0.3) is 0 Å². The third-order valence-corrected chi connectivity index (χ3v) is 7.37. The summed E-state index contributed by atoms with van der Waals surface area (Å²) in [5.41, 5.74) is -7.62. The number of halogens is 8. The molecule has 0 aliphatic heterocycles. The molecule has 1 atom stereocenters. The van der Waals surface area contributed by atoms with Crippen LogP contribution in [0.15, 0.2) is 69.6 Å². The summed E-state index contributed by atoms with van der Waals surface area (Å²) < 4.78 is 94.7. The van der Waals surface area contributed by atoms with Crippen molar-refractivity contribution in [3.8, 4) is 0 Å². The minimum Gasteiger partial charge on any atom is -0.288 e. The van der Waals surface area contributed by atoms with Crippen molar-refractivity contribution in [2.45, 2.75) is 12.4 Å². The van der Waals surface area contributed by atoms with E-state index in [0.29, 0.717) is 27.1 Å². The number of rotatable bonds is 5. The van der Waals surface area contributed by atoms with Crippen LogP contribution in [0.4, 0.5) is 26.3 Å². The van der Waals surface area contributed by atoms with Crippen molar-refractivity contribution in [3.63, 3.8) is 0 Å². The Kier molecular flexibility index (Phi) is 7.50. The summed E-state index contributed by atoms with van der Waals surface area (Å²) >= 11 is 6.39. The van der Waals surface area contributed by atoms with E-state index in [1.807, 2.05) is 0 Å². The molecule has 0 aliphatic carbocycles. The van der Waals surface area contributed by atoms with Gasteiger partial charge in [-0.3, -0.25) is 4.79 Å². The normalized spacial score (nSPS) is 12.4. The monoisotopic (exact) mass is 625 g/mol. The first-order valence-electron chi connectivity index (χ1n) is 9.12. The molecule has 0 amide bonds. The average molecular weight is 627 g/mol. The largest absolute Gasteiger partial charge is 0.459 e. The number of alkyl halides is 6. The summed E-state index contributed by atoms with van der Waals surface area (Å²) in [5, 5.41) is -0.486. The second kappa shape index (κ2) is 9.71. The van der Waals surface area contributed by atoms with Gasteiger partial charge >= 0.3 is 25.7 Å². The fourth-order valence-corrected chi connectivity index (χ4v) is 5.80. The smallest absolute Gasteiger partial charge is 0.288 e. The molecule has 176 valence electrons. The van der Waals surface area contributed by atoms with Gasteiger partial charge in [0.05, 0.1) is 27.8 Å². The van der Waals surface area contributed by atoms with Crippen LogP contribution in [0, 0.1) is 0 Å². The second-order valence-electron chi connectivity index (χ2n) is 6.77. The maximum absolute atomic E-state index is 13.5. The van der Waals surface area contributed by atoms with Crippen molar-refractivity contribution >= 4 is 56.3 Å². The minimum atomic E-state index is -5.32. The van der Waals surface area contributed by atoms with Gasteiger partial charge in [-0.05, 0) is 68.3 Å². The summed E-state index contributed by atoms with van der Waals surface area (Å²) in [7, 11) is -3.54. The Morgan fingerprint density at radius 2 is 1.15 bits per heavy atom. The molecule has 3 aromatic carbocycles. The molecule has 0 bridgehead atoms. The summed E-state index contributed by atoms with van der Waals surface area (Å²) in [6.07, 6.45) is -10.6. The lowest BCUT2D eigenvalue weighted by Gasteiger charge is -2.15. The van der Waals surface area contributed by atoms with Crippen LogP contribution in [-0.2, 0) is 16.9 Å². The lowest BCUT2D eigenvalue weighted by Crippen LogP contribution is -2.21. The summed E-state index contributed by atoms with van der Waals surface area (Å²) in [6.45, 7) is 0. The highest BCUT2D eigenvalue weighted by Gasteiger charge is 2.49. The van der Waals surface area contributed by atoms with E-state index in [2.05, 4.69) is 31.9 Å². The fraction of sp³-hybridized carbons (Fsp3) is 0.0909. The zero-order valence-corrected chi connectivity index (χ0v) is 20.5. The Morgan fingerprint density at radius 3 is 1.65 bits per heavy atom. The first kappa shape index (κ1) is 26.2. The molecule has 0 radical (unpaired) electrons. The van der Waals surface area contributed by atoms with E-state index in [1.54, 1.807) is 6.07 Å². The minimum absolute atomic E-state index is 0.0671. The molecule has 12 heteroatoms. The van der Waals surface area contributed by atoms with Gasteiger partial charge in [0, 0.05) is 8.95 Å². The predicted molar refractivity (Wildman–Crippen MR) is 120 cm³/mol. The zero-order valence-electron chi connectivity index (χ0n) is 16.5. The maximum Gasteiger partial charge on any atom is 0.459 e. The van der Waals surface area contributed by atoms with Crippen molar-refractivity contribution in [3.05, 3.63) is 97.4 Å².